The Morgan fingerprint density at radius 1 is 1.10 bits per heavy atom. The topological polar surface area (TPSA) is 41.6 Å². The van der Waals surface area contributed by atoms with Crippen molar-refractivity contribution < 1.29 is 9.53 Å². The molecule has 0 aliphatic rings. The predicted molar refractivity (Wildman–Crippen MR) is 81.5 cm³/mol. The van der Waals surface area contributed by atoms with Gasteiger partial charge in [-0.1, -0.05) is 35.9 Å². The lowest BCUT2D eigenvalue weighted by molar-refractivity contribution is 0.172. The molecule has 0 aromatic heterocycles. The van der Waals surface area contributed by atoms with Crippen molar-refractivity contribution in [3.8, 4) is 0 Å². The van der Waals surface area contributed by atoms with Gasteiger partial charge in [0.25, 0.3) is 0 Å². The molecule has 0 spiro atoms. The van der Waals surface area contributed by atoms with Crippen molar-refractivity contribution in [3.63, 3.8) is 0 Å². The van der Waals surface area contributed by atoms with E-state index in [1.54, 1.807) is 4.41 Å². The molecule has 0 saturated heterocycles. The van der Waals surface area contributed by atoms with Gasteiger partial charge >= 0.3 is 6.09 Å². The quantitative estimate of drug-likeness (QED) is 0.686. The molecular weight excluding hydrogens is 272 g/mol. The van der Waals surface area contributed by atoms with Gasteiger partial charge in [-0.15, -0.1) is 0 Å². The molecule has 0 unspecified atom stereocenters. The van der Waals surface area contributed by atoms with Crippen LogP contribution in [-0.2, 0) is 4.74 Å². The summed E-state index contributed by atoms with van der Waals surface area (Å²) in [5.41, 5.74) is 4.74. The third-order valence-electron chi connectivity index (χ3n) is 2.59. The Labute approximate surface area is 122 Å². The highest BCUT2D eigenvalue weighted by molar-refractivity contribution is 8.00. The summed E-state index contributed by atoms with van der Waals surface area (Å²) in [4.78, 5) is 12.5. The van der Waals surface area contributed by atoms with Crippen LogP contribution in [-0.4, -0.2) is 13.2 Å². The molecule has 1 amide bonds. The van der Waals surface area contributed by atoms with Crippen molar-refractivity contribution in [3.05, 3.63) is 60.2 Å². The van der Waals surface area contributed by atoms with E-state index in [9.17, 15) is 4.79 Å². The van der Waals surface area contributed by atoms with E-state index in [2.05, 4.69) is 10.2 Å². The first-order chi connectivity index (χ1) is 9.69. The van der Waals surface area contributed by atoms with E-state index >= 15 is 0 Å². The zero-order valence-corrected chi connectivity index (χ0v) is 12.2. The molecule has 4 nitrogen and oxygen atoms in total. The number of hydrazine groups is 1. The Hall–Kier alpha value is -2.14. The molecule has 20 heavy (non-hydrogen) atoms. The van der Waals surface area contributed by atoms with E-state index in [-0.39, 0.29) is 0 Å². The molecule has 0 aliphatic heterocycles. The summed E-state index contributed by atoms with van der Waals surface area (Å²) in [6.07, 6.45) is -0.506. The average molecular weight is 288 g/mol. The van der Waals surface area contributed by atoms with Gasteiger partial charge in [-0.25, -0.2) is 14.6 Å². The Kier molecular flexibility index (Phi) is 4.90. The number of ether oxygens (including phenoxy) is 1. The van der Waals surface area contributed by atoms with E-state index in [0.29, 0.717) is 0 Å². The molecule has 0 aliphatic carbocycles. The molecule has 0 radical (unpaired) electrons. The van der Waals surface area contributed by atoms with Crippen LogP contribution in [0.2, 0.25) is 0 Å². The van der Waals surface area contributed by atoms with Crippen molar-refractivity contribution in [2.24, 2.45) is 0 Å². The monoisotopic (exact) mass is 288 g/mol. The highest BCUT2D eigenvalue weighted by Gasteiger charge is 2.12. The van der Waals surface area contributed by atoms with E-state index in [4.69, 9.17) is 0 Å². The van der Waals surface area contributed by atoms with E-state index in [0.717, 1.165) is 10.6 Å². The molecule has 5 heteroatoms. The number of amides is 1. The molecule has 2 aromatic rings. The lowest BCUT2D eigenvalue weighted by Crippen LogP contribution is -2.37. The van der Waals surface area contributed by atoms with Crippen LogP contribution in [0.1, 0.15) is 5.56 Å². The third kappa shape index (κ3) is 3.93. The number of carbonyl (C=O) groups is 1. The molecule has 0 heterocycles. The first-order valence-electron chi connectivity index (χ1n) is 6.13. The largest absolute Gasteiger partial charge is 0.452 e. The molecule has 2 rings (SSSR count). The van der Waals surface area contributed by atoms with Gasteiger partial charge in [-0.2, -0.15) is 0 Å². The van der Waals surface area contributed by atoms with Crippen molar-refractivity contribution in [1.82, 2.24) is 5.43 Å². The number of methoxy groups -OCH3 is 1. The lowest BCUT2D eigenvalue weighted by atomic mass is 10.2. The van der Waals surface area contributed by atoms with E-state index < -0.39 is 6.09 Å². The van der Waals surface area contributed by atoms with Gasteiger partial charge in [-0.3, -0.25) is 0 Å². The standard InChI is InChI=1S/C15H16N2O2S/c1-12-8-10-14(11-9-12)20-17(16-15(18)19-2)13-6-4-3-5-7-13/h3-11H,1-2H3,(H,16,18). The Morgan fingerprint density at radius 2 is 1.75 bits per heavy atom. The molecule has 0 atom stereocenters. The van der Waals surface area contributed by atoms with Gasteiger partial charge in [0.15, 0.2) is 0 Å². The number of carbonyl (C=O) groups excluding carboxylic acids is 1. The van der Waals surface area contributed by atoms with Crippen molar-refractivity contribution in [1.29, 1.82) is 0 Å². The maximum atomic E-state index is 11.5. The molecule has 0 saturated carbocycles. The number of aryl methyl sites for hydroxylation is 1. The van der Waals surface area contributed by atoms with Gasteiger partial charge in [0.1, 0.15) is 0 Å². The van der Waals surface area contributed by atoms with E-state index in [1.165, 1.54) is 24.6 Å². The van der Waals surface area contributed by atoms with Crippen LogP contribution in [0.15, 0.2) is 59.5 Å². The summed E-state index contributed by atoms with van der Waals surface area (Å²) in [7, 11) is 1.34. The lowest BCUT2D eigenvalue weighted by Gasteiger charge is -2.22. The molecular formula is C15H16N2O2S. The second-order valence-corrected chi connectivity index (χ2v) is 5.16. The summed E-state index contributed by atoms with van der Waals surface area (Å²) < 4.78 is 6.33. The van der Waals surface area contributed by atoms with Crippen LogP contribution >= 0.6 is 11.9 Å². The van der Waals surface area contributed by atoms with Crippen molar-refractivity contribution in [2.75, 3.05) is 11.5 Å². The highest BCUT2D eigenvalue weighted by Crippen LogP contribution is 2.27. The summed E-state index contributed by atoms with van der Waals surface area (Å²) >= 11 is 1.42. The second kappa shape index (κ2) is 6.86. The summed E-state index contributed by atoms with van der Waals surface area (Å²) in [6, 6.07) is 17.7. The number of anilines is 1. The number of nitrogens with one attached hydrogen (secondary N) is 1. The Balaban J connectivity index is 2.18. The Bertz CT molecular complexity index is 558. The fraction of sp³-hybridized carbons (Fsp3) is 0.133. The number of para-hydroxylation sites is 1. The highest BCUT2D eigenvalue weighted by atomic mass is 32.2. The van der Waals surface area contributed by atoms with Crippen molar-refractivity contribution in [2.45, 2.75) is 11.8 Å². The number of benzene rings is 2. The van der Waals surface area contributed by atoms with Gasteiger partial charge in [-0.05, 0) is 31.2 Å². The Morgan fingerprint density at radius 3 is 2.35 bits per heavy atom. The molecule has 1 N–H and O–H groups in total. The average Bonchev–Trinajstić information content (AvgIpc) is 2.49. The van der Waals surface area contributed by atoms with Crippen LogP contribution in [0, 0.1) is 6.92 Å². The number of rotatable bonds is 4. The minimum Gasteiger partial charge on any atom is -0.452 e. The van der Waals surface area contributed by atoms with Gasteiger partial charge < -0.3 is 4.74 Å². The SMILES string of the molecule is COC(=O)NN(Sc1ccc(C)cc1)c1ccccc1. The minimum absolute atomic E-state index is 0.506. The fourth-order valence-corrected chi connectivity index (χ4v) is 2.35. The van der Waals surface area contributed by atoms with Gasteiger partial charge in [0, 0.05) is 16.8 Å². The third-order valence-corrected chi connectivity index (χ3v) is 3.55. The van der Waals surface area contributed by atoms with Gasteiger partial charge in [0.05, 0.1) is 12.8 Å². The number of hydrogen-bond acceptors (Lipinski definition) is 4. The smallest absolute Gasteiger partial charge is 0.426 e. The van der Waals surface area contributed by atoms with Crippen LogP contribution in [0.5, 0.6) is 0 Å². The van der Waals surface area contributed by atoms with E-state index in [1.807, 2.05) is 61.5 Å². The second-order valence-electron chi connectivity index (χ2n) is 4.14. The van der Waals surface area contributed by atoms with Gasteiger partial charge in [0.2, 0.25) is 0 Å². The van der Waals surface area contributed by atoms with Crippen LogP contribution in [0.25, 0.3) is 0 Å². The maximum absolute atomic E-state index is 11.5. The summed E-state index contributed by atoms with van der Waals surface area (Å²) in [5, 5.41) is 0. The minimum atomic E-state index is -0.506. The first-order valence-corrected chi connectivity index (χ1v) is 6.91. The zero-order valence-electron chi connectivity index (χ0n) is 11.4. The molecule has 2 aromatic carbocycles. The number of nitrogens with zero attached hydrogens (tertiary/aromatic N) is 1. The molecule has 0 bridgehead atoms. The van der Waals surface area contributed by atoms with Crippen LogP contribution < -0.4 is 9.84 Å². The maximum Gasteiger partial charge on any atom is 0.426 e. The van der Waals surface area contributed by atoms with Crippen molar-refractivity contribution >= 4 is 23.7 Å². The molecule has 0 fully saturated rings. The van der Waals surface area contributed by atoms with Crippen LogP contribution in [0.4, 0.5) is 10.5 Å². The predicted octanol–water partition coefficient (Wildman–Crippen LogP) is 3.78. The normalized spacial score (nSPS) is 9.90. The first kappa shape index (κ1) is 14.3. The summed E-state index contributed by atoms with van der Waals surface area (Å²) in [5.74, 6) is 0. The molecule has 104 valence electrons. The summed E-state index contributed by atoms with van der Waals surface area (Å²) in [6.45, 7) is 2.04. The number of hydrogen-bond donors (Lipinski definition) is 1. The zero-order chi connectivity index (χ0) is 14.4. The van der Waals surface area contributed by atoms with Crippen LogP contribution in [0.3, 0.4) is 0 Å². The fourth-order valence-electron chi connectivity index (χ4n) is 1.54.